The fourth-order valence-corrected chi connectivity index (χ4v) is 4.99. The van der Waals surface area contributed by atoms with Gasteiger partial charge in [0.25, 0.3) is 0 Å². The first-order chi connectivity index (χ1) is 14.3. The number of carbonyl (C=O) groups is 1. The van der Waals surface area contributed by atoms with Crippen molar-refractivity contribution in [3.8, 4) is 0 Å². The number of rotatable bonds is 4. The number of hydrogen-bond acceptors (Lipinski definition) is 5. The van der Waals surface area contributed by atoms with E-state index in [1.165, 1.54) is 28.6 Å². The second-order valence-corrected chi connectivity index (χ2v) is 8.82. The zero-order chi connectivity index (χ0) is 21.5. The van der Waals surface area contributed by atoms with E-state index in [9.17, 15) is 22.4 Å². The Kier molecular flexibility index (Phi) is 5.04. The minimum atomic E-state index is -3.91. The van der Waals surface area contributed by atoms with E-state index in [-0.39, 0.29) is 29.2 Å². The summed E-state index contributed by atoms with van der Waals surface area (Å²) in [4.78, 5) is 28.0. The van der Waals surface area contributed by atoms with Crippen LogP contribution in [0.2, 0.25) is 0 Å². The van der Waals surface area contributed by atoms with Crippen LogP contribution in [-0.2, 0) is 10.0 Å². The highest BCUT2D eigenvalue weighted by Crippen LogP contribution is 2.24. The SMILES string of the molecule is O=C(O)c1c[nH]c2ccc(S(=O)(=O)N3CCN(c4ccccc4F)CC3)cc2c1=O. The van der Waals surface area contributed by atoms with Gasteiger partial charge in [-0.05, 0) is 30.3 Å². The molecule has 0 spiro atoms. The van der Waals surface area contributed by atoms with Crippen LogP contribution in [0.3, 0.4) is 0 Å². The first kappa shape index (κ1) is 20.0. The normalized spacial score (nSPS) is 15.4. The zero-order valence-electron chi connectivity index (χ0n) is 15.7. The molecule has 8 nitrogen and oxygen atoms in total. The summed E-state index contributed by atoms with van der Waals surface area (Å²) in [5, 5.41) is 9.11. The van der Waals surface area contributed by atoms with Gasteiger partial charge in [-0.3, -0.25) is 4.79 Å². The van der Waals surface area contributed by atoms with Crippen LogP contribution < -0.4 is 10.3 Å². The van der Waals surface area contributed by atoms with Crippen LogP contribution in [0.5, 0.6) is 0 Å². The summed E-state index contributed by atoms with van der Waals surface area (Å²) in [5.41, 5.74) is -0.450. The third-order valence-corrected chi connectivity index (χ3v) is 7.05. The van der Waals surface area contributed by atoms with Gasteiger partial charge in [0.1, 0.15) is 11.4 Å². The van der Waals surface area contributed by atoms with Crippen molar-refractivity contribution in [2.75, 3.05) is 31.1 Å². The summed E-state index contributed by atoms with van der Waals surface area (Å²) in [5.74, 6) is -1.76. The number of aromatic amines is 1. The average molecular weight is 431 g/mol. The topological polar surface area (TPSA) is 111 Å². The predicted octanol–water partition coefficient (Wildman–Crippen LogP) is 1.88. The van der Waals surface area contributed by atoms with E-state index in [4.69, 9.17) is 5.11 Å². The van der Waals surface area contributed by atoms with Crippen molar-refractivity contribution >= 4 is 32.6 Å². The highest BCUT2D eigenvalue weighted by molar-refractivity contribution is 7.89. The lowest BCUT2D eigenvalue weighted by atomic mass is 10.1. The van der Waals surface area contributed by atoms with E-state index in [0.717, 1.165) is 6.20 Å². The maximum atomic E-state index is 14.0. The molecule has 1 aliphatic heterocycles. The van der Waals surface area contributed by atoms with Gasteiger partial charge in [-0.25, -0.2) is 17.6 Å². The molecular formula is C20H18FN3O5S. The number of nitrogens with one attached hydrogen (secondary N) is 1. The van der Waals surface area contributed by atoms with Crippen molar-refractivity contribution in [1.82, 2.24) is 9.29 Å². The molecule has 0 amide bonds. The number of halogens is 1. The highest BCUT2D eigenvalue weighted by atomic mass is 32.2. The Morgan fingerprint density at radius 1 is 1.07 bits per heavy atom. The Labute approximate surface area is 171 Å². The molecule has 0 unspecified atom stereocenters. The van der Waals surface area contributed by atoms with Crippen molar-refractivity contribution in [3.05, 3.63) is 70.3 Å². The van der Waals surface area contributed by atoms with Crippen molar-refractivity contribution in [3.63, 3.8) is 0 Å². The number of para-hydroxylation sites is 1. The lowest BCUT2D eigenvalue weighted by Gasteiger charge is -2.35. The molecule has 1 saturated heterocycles. The number of benzene rings is 2. The summed E-state index contributed by atoms with van der Waals surface area (Å²) in [6, 6.07) is 10.3. The van der Waals surface area contributed by atoms with Crippen molar-refractivity contribution in [2.24, 2.45) is 0 Å². The molecule has 2 heterocycles. The molecular weight excluding hydrogens is 413 g/mol. The van der Waals surface area contributed by atoms with Crippen LogP contribution in [0.25, 0.3) is 10.9 Å². The number of pyridine rings is 1. The van der Waals surface area contributed by atoms with Crippen LogP contribution in [-0.4, -0.2) is 55.0 Å². The van der Waals surface area contributed by atoms with Crippen LogP contribution in [0.4, 0.5) is 10.1 Å². The van der Waals surface area contributed by atoms with Crippen LogP contribution in [0.15, 0.2) is 58.4 Å². The van der Waals surface area contributed by atoms with Crippen molar-refractivity contribution in [1.29, 1.82) is 0 Å². The lowest BCUT2D eigenvalue weighted by Crippen LogP contribution is -2.48. The van der Waals surface area contributed by atoms with Gasteiger partial charge < -0.3 is 15.0 Å². The van der Waals surface area contributed by atoms with E-state index < -0.39 is 27.0 Å². The van der Waals surface area contributed by atoms with Crippen LogP contribution in [0, 0.1) is 5.82 Å². The number of carboxylic acid groups (broad SMARTS) is 1. The predicted molar refractivity (Wildman–Crippen MR) is 109 cm³/mol. The number of nitrogens with zero attached hydrogens (tertiary/aromatic N) is 2. The molecule has 0 radical (unpaired) electrons. The Balaban J connectivity index is 1.62. The number of aromatic nitrogens is 1. The Hall–Kier alpha value is -3.24. The number of aromatic carboxylic acids is 1. The largest absolute Gasteiger partial charge is 0.477 e. The van der Waals surface area contributed by atoms with Crippen molar-refractivity contribution in [2.45, 2.75) is 4.90 Å². The maximum absolute atomic E-state index is 14.0. The van der Waals surface area contributed by atoms with E-state index in [0.29, 0.717) is 24.3 Å². The summed E-state index contributed by atoms with van der Waals surface area (Å²) in [6.07, 6.45) is 1.09. The standard InChI is InChI=1S/C20H18FN3O5S/c21-16-3-1-2-4-18(16)23-7-9-24(10-8-23)30(28,29)13-5-6-17-14(11-13)19(25)15(12-22-17)20(26)27/h1-6,11-12H,7-10H2,(H,22,25)(H,26,27). The number of fused-ring (bicyclic) bond motifs is 1. The van der Waals surface area contributed by atoms with Gasteiger partial charge in [0.2, 0.25) is 15.5 Å². The smallest absolute Gasteiger partial charge is 0.341 e. The molecule has 1 aromatic heterocycles. The van der Waals surface area contributed by atoms with E-state index >= 15 is 0 Å². The molecule has 1 fully saturated rings. The molecule has 0 atom stereocenters. The van der Waals surface area contributed by atoms with Gasteiger partial charge in [0.15, 0.2) is 0 Å². The molecule has 2 aromatic carbocycles. The highest BCUT2D eigenvalue weighted by Gasteiger charge is 2.29. The van der Waals surface area contributed by atoms with Crippen LogP contribution >= 0.6 is 0 Å². The molecule has 0 aliphatic carbocycles. The summed E-state index contributed by atoms with van der Waals surface area (Å²) >= 11 is 0. The quantitative estimate of drug-likeness (QED) is 0.653. The maximum Gasteiger partial charge on any atom is 0.341 e. The number of sulfonamides is 1. The first-order valence-corrected chi connectivity index (χ1v) is 10.6. The molecule has 30 heavy (non-hydrogen) atoms. The number of H-pyrrole nitrogens is 1. The van der Waals surface area contributed by atoms with Crippen LogP contribution in [0.1, 0.15) is 10.4 Å². The second-order valence-electron chi connectivity index (χ2n) is 6.89. The molecule has 0 bridgehead atoms. The lowest BCUT2D eigenvalue weighted by molar-refractivity contribution is 0.0695. The summed E-state index contributed by atoms with van der Waals surface area (Å²) in [7, 11) is -3.91. The third kappa shape index (κ3) is 3.44. The molecule has 3 aromatic rings. The number of anilines is 1. The van der Waals surface area contributed by atoms with E-state index in [1.807, 2.05) is 0 Å². The summed E-state index contributed by atoms with van der Waals surface area (Å²) in [6.45, 7) is 0.940. The monoisotopic (exact) mass is 431 g/mol. The third-order valence-electron chi connectivity index (χ3n) is 5.15. The number of piperazine rings is 1. The minimum absolute atomic E-state index is 0.0130. The fourth-order valence-electron chi connectivity index (χ4n) is 3.54. The second kappa shape index (κ2) is 7.54. The zero-order valence-corrected chi connectivity index (χ0v) is 16.5. The van der Waals surface area contributed by atoms with Gasteiger partial charge in [-0.15, -0.1) is 0 Å². The van der Waals surface area contributed by atoms with Gasteiger partial charge in [0, 0.05) is 43.3 Å². The fraction of sp³-hybridized carbons (Fsp3) is 0.200. The minimum Gasteiger partial charge on any atom is -0.477 e. The van der Waals surface area contributed by atoms with Gasteiger partial charge in [-0.1, -0.05) is 12.1 Å². The summed E-state index contributed by atoms with van der Waals surface area (Å²) < 4.78 is 41.4. The van der Waals surface area contributed by atoms with Gasteiger partial charge >= 0.3 is 5.97 Å². The Morgan fingerprint density at radius 3 is 2.43 bits per heavy atom. The molecule has 2 N–H and O–H groups in total. The molecule has 1 aliphatic rings. The molecule has 0 saturated carbocycles. The number of carboxylic acids is 1. The average Bonchev–Trinajstić information content (AvgIpc) is 2.74. The molecule has 10 heteroatoms. The first-order valence-electron chi connectivity index (χ1n) is 9.17. The molecule has 4 rings (SSSR count). The van der Waals surface area contributed by atoms with Gasteiger partial charge in [-0.2, -0.15) is 4.31 Å². The molecule has 156 valence electrons. The Bertz CT molecular complexity index is 1300. The number of hydrogen-bond donors (Lipinski definition) is 2. The van der Waals surface area contributed by atoms with E-state index in [2.05, 4.69) is 4.98 Å². The van der Waals surface area contributed by atoms with E-state index in [1.54, 1.807) is 23.1 Å². The Morgan fingerprint density at radius 2 is 1.77 bits per heavy atom. The van der Waals surface area contributed by atoms with Gasteiger partial charge in [0.05, 0.1) is 10.6 Å². The van der Waals surface area contributed by atoms with Crippen molar-refractivity contribution < 1.29 is 22.7 Å².